The third-order valence-corrected chi connectivity index (χ3v) is 2.72. The van der Waals surface area contributed by atoms with Crippen LogP contribution in [-0.4, -0.2) is 30.6 Å². The zero-order chi connectivity index (χ0) is 15.2. The summed E-state index contributed by atoms with van der Waals surface area (Å²) in [7, 11) is 1.58. The van der Waals surface area contributed by atoms with E-state index in [-0.39, 0.29) is 23.8 Å². The van der Waals surface area contributed by atoms with E-state index in [1.165, 1.54) is 6.07 Å². The molecule has 1 aromatic carbocycles. The Morgan fingerprint density at radius 2 is 2.10 bits per heavy atom. The normalized spacial score (nSPS) is 10.4. The van der Waals surface area contributed by atoms with Gasteiger partial charge in [-0.2, -0.15) is 0 Å². The number of hydrogen-bond donors (Lipinski definition) is 0. The molecule has 0 aliphatic rings. The number of aromatic nitrogens is 1. The van der Waals surface area contributed by atoms with Crippen LogP contribution < -0.4 is 0 Å². The standard InChI is InChI=1S/C15H15NO5/c1-3-20-15(18)12-8-13(21-16-12)14(17)11-6-4-5-10(7-11)9-19-2/h4-8H,3,9H2,1-2H3. The molecule has 0 fully saturated rings. The minimum atomic E-state index is -0.617. The van der Waals surface area contributed by atoms with Gasteiger partial charge in [-0.1, -0.05) is 23.4 Å². The molecular weight excluding hydrogens is 274 g/mol. The number of hydrogen-bond acceptors (Lipinski definition) is 6. The first-order valence-corrected chi connectivity index (χ1v) is 6.42. The molecule has 110 valence electrons. The summed E-state index contributed by atoms with van der Waals surface area (Å²) in [6.45, 7) is 2.32. The second-order valence-electron chi connectivity index (χ2n) is 4.26. The lowest BCUT2D eigenvalue weighted by atomic mass is 10.1. The van der Waals surface area contributed by atoms with E-state index in [1.807, 2.05) is 6.07 Å². The van der Waals surface area contributed by atoms with Crippen molar-refractivity contribution >= 4 is 11.8 Å². The molecule has 21 heavy (non-hydrogen) atoms. The summed E-state index contributed by atoms with van der Waals surface area (Å²) in [6, 6.07) is 8.25. The molecular formula is C15H15NO5. The number of carbonyl (C=O) groups is 2. The van der Waals surface area contributed by atoms with Crippen molar-refractivity contribution in [2.45, 2.75) is 13.5 Å². The topological polar surface area (TPSA) is 78.6 Å². The van der Waals surface area contributed by atoms with Gasteiger partial charge in [0.15, 0.2) is 5.69 Å². The highest BCUT2D eigenvalue weighted by molar-refractivity contribution is 6.08. The number of ether oxygens (including phenoxy) is 2. The van der Waals surface area contributed by atoms with Crippen molar-refractivity contribution in [1.82, 2.24) is 5.16 Å². The van der Waals surface area contributed by atoms with Crippen LogP contribution in [0.3, 0.4) is 0 Å². The first kappa shape index (κ1) is 14.9. The van der Waals surface area contributed by atoms with Crippen molar-refractivity contribution in [2.75, 3.05) is 13.7 Å². The third-order valence-electron chi connectivity index (χ3n) is 2.72. The number of methoxy groups -OCH3 is 1. The van der Waals surface area contributed by atoms with Gasteiger partial charge in [0.25, 0.3) is 0 Å². The summed E-state index contributed by atoms with van der Waals surface area (Å²) in [6.07, 6.45) is 0. The number of benzene rings is 1. The Balaban J connectivity index is 2.20. The lowest BCUT2D eigenvalue weighted by Gasteiger charge is -2.01. The van der Waals surface area contributed by atoms with Gasteiger partial charge in [0.05, 0.1) is 13.2 Å². The van der Waals surface area contributed by atoms with Crippen LogP contribution in [-0.2, 0) is 16.1 Å². The maximum absolute atomic E-state index is 12.3. The van der Waals surface area contributed by atoms with Crippen LogP contribution >= 0.6 is 0 Å². The molecule has 0 saturated carbocycles. The Morgan fingerprint density at radius 1 is 1.29 bits per heavy atom. The molecule has 0 spiro atoms. The lowest BCUT2D eigenvalue weighted by Crippen LogP contribution is -2.05. The summed E-state index contributed by atoms with van der Waals surface area (Å²) < 4.78 is 14.7. The molecule has 1 heterocycles. The molecule has 0 saturated heterocycles. The Hall–Kier alpha value is -2.47. The van der Waals surface area contributed by atoms with Crippen molar-refractivity contribution in [3.63, 3.8) is 0 Å². The number of rotatable bonds is 6. The van der Waals surface area contributed by atoms with Crippen molar-refractivity contribution in [3.05, 3.63) is 52.9 Å². The second-order valence-corrected chi connectivity index (χ2v) is 4.26. The van der Waals surface area contributed by atoms with Gasteiger partial charge in [0.1, 0.15) is 0 Å². The van der Waals surface area contributed by atoms with Gasteiger partial charge in [0.2, 0.25) is 11.5 Å². The monoisotopic (exact) mass is 289 g/mol. The summed E-state index contributed by atoms with van der Waals surface area (Å²) >= 11 is 0. The van der Waals surface area contributed by atoms with Crippen molar-refractivity contribution in [2.24, 2.45) is 0 Å². The van der Waals surface area contributed by atoms with E-state index in [0.717, 1.165) is 5.56 Å². The molecule has 2 rings (SSSR count). The van der Waals surface area contributed by atoms with E-state index >= 15 is 0 Å². The molecule has 0 radical (unpaired) electrons. The largest absolute Gasteiger partial charge is 0.461 e. The van der Waals surface area contributed by atoms with Crippen LogP contribution in [0, 0.1) is 0 Å². The van der Waals surface area contributed by atoms with Crippen LogP contribution in [0.4, 0.5) is 0 Å². The first-order valence-electron chi connectivity index (χ1n) is 6.42. The lowest BCUT2D eigenvalue weighted by molar-refractivity contribution is 0.0514. The number of nitrogens with zero attached hydrogens (tertiary/aromatic N) is 1. The minimum absolute atomic E-state index is 0.00683. The molecule has 6 nitrogen and oxygen atoms in total. The van der Waals surface area contributed by atoms with Crippen LogP contribution in [0.25, 0.3) is 0 Å². The van der Waals surface area contributed by atoms with Crippen molar-refractivity contribution in [1.29, 1.82) is 0 Å². The predicted molar refractivity (Wildman–Crippen MR) is 73.0 cm³/mol. The van der Waals surface area contributed by atoms with Gasteiger partial charge in [-0.15, -0.1) is 0 Å². The molecule has 0 atom stereocenters. The SMILES string of the molecule is CCOC(=O)c1cc(C(=O)c2cccc(COC)c2)on1. The molecule has 0 aliphatic carbocycles. The molecule has 6 heteroatoms. The van der Waals surface area contributed by atoms with Crippen LogP contribution in [0.1, 0.15) is 39.1 Å². The smallest absolute Gasteiger partial charge is 0.360 e. The average Bonchev–Trinajstić information content (AvgIpc) is 2.97. The zero-order valence-electron chi connectivity index (χ0n) is 11.8. The second kappa shape index (κ2) is 6.81. The van der Waals surface area contributed by atoms with E-state index in [4.69, 9.17) is 14.0 Å². The predicted octanol–water partition coefficient (Wildman–Crippen LogP) is 2.23. The summed E-state index contributed by atoms with van der Waals surface area (Å²) in [5, 5.41) is 3.54. The maximum atomic E-state index is 12.3. The average molecular weight is 289 g/mol. The molecule has 1 aromatic heterocycles. The fourth-order valence-electron chi connectivity index (χ4n) is 1.79. The number of carbonyl (C=O) groups excluding carboxylic acids is 2. The Morgan fingerprint density at radius 3 is 2.81 bits per heavy atom. The van der Waals surface area contributed by atoms with E-state index in [9.17, 15) is 9.59 Å². The number of ketones is 1. The van der Waals surface area contributed by atoms with Crippen LogP contribution in [0.15, 0.2) is 34.9 Å². The highest BCUT2D eigenvalue weighted by Crippen LogP contribution is 2.14. The molecule has 2 aromatic rings. The first-order chi connectivity index (χ1) is 10.2. The summed E-state index contributed by atoms with van der Waals surface area (Å²) in [5.41, 5.74) is 1.29. The fourth-order valence-corrected chi connectivity index (χ4v) is 1.79. The van der Waals surface area contributed by atoms with Crippen molar-refractivity contribution in [3.8, 4) is 0 Å². The molecule has 0 unspecified atom stereocenters. The minimum Gasteiger partial charge on any atom is -0.461 e. The zero-order valence-corrected chi connectivity index (χ0v) is 11.8. The van der Waals surface area contributed by atoms with E-state index in [0.29, 0.717) is 12.2 Å². The van der Waals surface area contributed by atoms with Crippen molar-refractivity contribution < 1.29 is 23.6 Å². The van der Waals surface area contributed by atoms with Crippen LogP contribution in [0.5, 0.6) is 0 Å². The van der Waals surface area contributed by atoms with Gasteiger partial charge in [-0.3, -0.25) is 4.79 Å². The quantitative estimate of drug-likeness (QED) is 0.599. The molecule has 0 aliphatic heterocycles. The Bertz CT molecular complexity index is 647. The van der Waals surface area contributed by atoms with E-state index in [2.05, 4.69) is 5.16 Å². The summed E-state index contributed by atoms with van der Waals surface area (Å²) in [5.74, 6) is -0.975. The van der Waals surface area contributed by atoms with Gasteiger partial charge < -0.3 is 14.0 Å². The Labute approximate surface area is 121 Å². The van der Waals surface area contributed by atoms with E-state index < -0.39 is 5.97 Å². The Kier molecular flexibility index (Phi) is 4.84. The highest BCUT2D eigenvalue weighted by Gasteiger charge is 2.19. The van der Waals surface area contributed by atoms with Gasteiger partial charge in [-0.05, 0) is 18.6 Å². The fraction of sp³-hybridized carbons (Fsp3) is 0.267. The molecule has 0 bridgehead atoms. The number of esters is 1. The maximum Gasteiger partial charge on any atom is 0.360 e. The highest BCUT2D eigenvalue weighted by atomic mass is 16.5. The van der Waals surface area contributed by atoms with Gasteiger partial charge in [-0.25, -0.2) is 4.79 Å². The van der Waals surface area contributed by atoms with Crippen LogP contribution in [0.2, 0.25) is 0 Å². The molecule has 0 N–H and O–H groups in total. The molecule has 0 amide bonds. The third kappa shape index (κ3) is 3.55. The summed E-state index contributed by atoms with van der Waals surface area (Å²) in [4.78, 5) is 23.8. The van der Waals surface area contributed by atoms with E-state index in [1.54, 1.807) is 32.2 Å². The van der Waals surface area contributed by atoms with Gasteiger partial charge in [0, 0.05) is 18.7 Å². The van der Waals surface area contributed by atoms with Gasteiger partial charge >= 0.3 is 5.97 Å².